The molecule has 0 aliphatic rings. The summed E-state index contributed by atoms with van der Waals surface area (Å²) in [5.41, 5.74) is 4.52. The maximum Gasteiger partial charge on any atom is 0.203 e. The van der Waals surface area contributed by atoms with Crippen LogP contribution in [0.3, 0.4) is 0 Å². The molecule has 0 atom stereocenters. The van der Waals surface area contributed by atoms with Crippen molar-refractivity contribution in [2.75, 3.05) is 26.2 Å². The minimum atomic E-state index is -0.163. The number of hydrogen-bond donors (Lipinski definition) is 0. The van der Waals surface area contributed by atoms with Gasteiger partial charge in [0.1, 0.15) is 0 Å². The van der Waals surface area contributed by atoms with E-state index in [1.165, 1.54) is 21.3 Å². The Balaban J connectivity index is 1.58. The van der Waals surface area contributed by atoms with Crippen LogP contribution in [-0.4, -0.2) is 27.1 Å². The fourth-order valence-corrected chi connectivity index (χ4v) is 3.83. The van der Waals surface area contributed by atoms with Crippen LogP contribution < -0.4 is 19.1 Å². The van der Waals surface area contributed by atoms with E-state index in [-0.39, 0.29) is 5.78 Å². The zero-order valence-corrected chi connectivity index (χ0v) is 20.0. The van der Waals surface area contributed by atoms with E-state index in [4.69, 9.17) is 14.2 Å². The van der Waals surface area contributed by atoms with Gasteiger partial charge in [-0.3, -0.25) is 4.79 Å². The Morgan fingerprint density at radius 3 is 1.60 bits per heavy atom. The topological polar surface area (TPSA) is 48.0 Å². The number of ether oxygens (including phenoxy) is 3. The summed E-state index contributed by atoms with van der Waals surface area (Å²) in [6, 6.07) is 31.8. The molecule has 0 amide bonds. The molecule has 0 aliphatic heterocycles. The number of rotatable bonds is 9. The molecule has 0 fully saturated rings. The summed E-state index contributed by atoms with van der Waals surface area (Å²) in [6.07, 6.45) is 3.34. The smallest absolute Gasteiger partial charge is 0.203 e. The third-order valence-electron chi connectivity index (χ3n) is 5.56. The van der Waals surface area contributed by atoms with Crippen LogP contribution in [0.15, 0.2) is 103 Å². The molecule has 176 valence electrons. The lowest BCUT2D eigenvalue weighted by atomic mass is 10.1. The van der Waals surface area contributed by atoms with E-state index in [0.29, 0.717) is 22.8 Å². The lowest BCUT2D eigenvalue weighted by Gasteiger charge is -2.25. The van der Waals surface area contributed by atoms with Gasteiger partial charge in [-0.15, -0.1) is 0 Å². The minimum Gasteiger partial charge on any atom is -0.493 e. The van der Waals surface area contributed by atoms with Crippen molar-refractivity contribution in [2.24, 2.45) is 0 Å². The molecule has 0 bridgehead atoms. The summed E-state index contributed by atoms with van der Waals surface area (Å²) in [6.45, 7) is 0. The molecule has 5 heteroatoms. The van der Waals surface area contributed by atoms with Crippen molar-refractivity contribution in [2.45, 2.75) is 0 Å². The number of methoxy groups -OCH3 is 3. The average molecular weight is 466 g/mol. The van der Waals surface area contributed by atoms with Crippen LogP contribution >= 0.6 is 0 Å². The number of benzene rings is 4. The predicted octanol–water partition coefficient (Wildman–Crippen LogP) is 7.08. The molecule has 0 saturated heterocycles. The number of para-hydroxylation sites is 2. The first-order valence-corrected chi connectivity index (χ1v) is 11.2. The molecule has 0 aromatic heterocycles. The van der Waals surface area contributed by atoms with Gasteiger partial charge in [-0.05, 0) is 60.2 Å². The average Bonchev–Trinajstić information content (AvgIpc) is 2.92. The van der Waals surface area contributed by atoms with E-state index < -0.39 is 0 Å². The largest absolute Gasteiger partial charge is 0.493 e. The molecule has 4 rings (SSSR count). The summed E-state index contributed by atoms with van der Waals surface area (Å²) in [7, 11) is 4.58. The molecule has 0 spiro atoms. The van der Waals surface area contributed by atoms with Gasteiger partial charge in [-0.1, -0.05) is 54.6 Å². The monoisotopic (exact) mass is 465 g/mol. The van der Waals surface area contributed by atoms with E-state index >= 15 is 0 Å². The Kier molecular flexibility index (Phi) is 7.48. The number of carbonyl (C=O) groups is 1. The number of anilines is 3. The number of allylic oxidation sites excluding steroid dienone is 1. The molecule has 0 aliphatic carbocycles. The highest BCUT2D eigenvalue weighted by molar-refractivity contribution is 6.07. The van der Waals surface area contributed by atoms with Crippen molar-refractivity contribution in [3.05, 3.63) is 114 Å². The van der Waals surface area contributed by atoms with E-state index in [1.54, 1.807) is 24.3 Å². The molecule has 0 N–H and O–H groups in total. The molecule has 35 heavy (non-hydrogen) atoms. The molecule has 4 aromatic carbocycles. The second-order valence-electron chi connectivity index (χ2n) is 7.71. The van der Waals surface area contributed by atoms with E-state index in [9.17, 15) is 4.79 Å². The molecular formula is C30H27NO4. The quantitative estimate of drug-likeness (QED) is 0.195. The Morgan fingerprint density at radius 2 is 1.14 bits per heavy atom. The van der Waals surface area contributed by atoms with Gasteiger partial charge >= 0.3 is 0 Å². The minimum absolute atomic E-state index is 0.163. The number of nitrogens with zero attached hydrogens (tertiary/aromatic N) is 1. The van der Waals surface area contributed by atoms with Crippen molar-refractivity contribution in [1.82, 2.24) is 0 Å². The Morgan fingerprint density at radius 1 is 0.657 bits per heavy atom. The zero-order chi connectivity index (χ0) is 24.6. The first-order chi connectivity index (χ1) is 17.1. The van der Waals surface area contributed by atoms with Crippen LogP contribution in [0.25, 0.3) is 6.08 Å². The van der Waals surface area contributed by atoms with Gasteiger partial charge in [0.2, 0.25) is 5.75 Å². The highest BCUT2D eigenvalue weighted by Crippen LogP contribution is 2.38. The molecule has 0 radical (unpaired) electrons. The van der Waals surface area contributed by atoms with Gasteiger partial charge in [0.25, 0.3) is 0 Å². The van der Waals surface area contributed by atoms with Crippen LogP contribution in [0, 0.1) is 0 Å². The van der Waals surface area contributed by atoms with Crippen molar-refractivity contribution in [3.63, 3.8) is 0 Å². The highest BCUT2D eigenvalue weighted by Gasteiger charge is 2.16. The lowest BCUT2D eigenvalue weighted by Crippen LogP contribution is -2.09. The number of hydrogen-bond acceptors (Lipinski definition) is 5. The molecule has 0 saturated carbocycles. The van der Waals surface area contributed by atoms with Gasteiger partial charge < -0.3 is 19.1 Å². The second kappa shape index (κ2) is 11.1. The normalized spacial score (nSPS) is 10.7. The molecule has 4 aromatic rings. The summed E-state index contributed by atoms with van der Waals surface area (Å²) < 4.78 is 16.0. The van der Waals surface area contributed by atoms with E-state index in [1.807, 2.05) is 60.7 Å². The standard InChI is InChI=1S/C30H27NO4/c1-33-28-20-23(21-29(34-2)30(28)35-3)27(32)19-16-22-14-17-26(18-15-22)31(24-10-6-4-7-11-24)25-12-8-5-9-13-25/h4-21H,1-3H3. The fourth-order valence-electron chi connectivity index (χ4n) is 3.83. The van der Waals surface area contributed by atoms with Crippen LogP contribution in [0.5, 0.6) is 17.2 Å². The third-order valence-corrected chi connectivity index (χ3v) is 5.56. The first kappa shape index (κ1) is 23.6. The molecule has 0 heterocycles. The van der Waals surface area contributed by atoms with Gasteiger partial charge in [0.05, 0.1) is 21.3 Å². The maximum atomic E-state index is 12.9. The number of ketones is 1. The van der Waals surface area contributed by atoms with Crippen molar-refractivity contribution in [1.29, 1.82) is 0 Å². The van der Waals surface area contributed by atoms with E-state index in [0.717, 1.165) is 22.6 Å². The Labute approximate surface area is 205 Å². The summed E-state index contributed by atoms with van der Waals surface area (Å²) in [4.78, 5) is 15.0. The third kappa shape index (κ3) is 5.36. The van der Waals surface area contributed by atoms with Crippen LogP contribution in [0.1, 0.15) is 15.9 Å². The summed E-state index contributed by atoms with van der Waals surface area (Å²) in [5, 5.41) is 0. The summed E-state index contributed by atoms with van der Waals surface area (Å²) in [5.74, 6) is 1.17. The van der Waals surface area contributed by atoms with Gasteiger partial charge in [-0.25, -0.2) is 0 Å². The van der Waals surface area contributed by atoms with Crippen molar-refractivity contribution in [3.8, 4) is 17.2 Å². The van der Waals surface area contributed by atoms with Crippen LogP contribution in [-0.2, 0) is 0 Å². The molecular weight excluding hydrogens is 438 g/mol. The predicted molar refractivity (Wildman–Crippen MR) is 141 cm³/mol. The molecule has 5 nitrogen and oxygen atoms in total. The Hall–Kier alpha value is -4.51. The fraction of sp³-hybridized carbons (Fsp3) is 0.100. The van der Waals surface area contributed by atoms with Crippen molar-refractivity contribution >= 4 is 28.9 Å². The second-order valence-corrected chi connectivity index (χ2v) is 7.71. The zero-order valence-electron chi connectivity index (χ0n) is 20.0. The highest BCUT2D eigenvalue weighted by atomic mass is 16.5. The molecule has 0 unspecified atom stereocenters. The number of carbonyl (C=O) groups excluding carboxylic acids is 1. The Bertz CT molecular complexity index is 1240. The lowest BCUT2D eigenvalue weighted by molar-refractivity contribution is 0.104. The van der Waals surface area contributed by atoms with Gasteiger partial charge in [0.15, 0.2) is 17.3 Å². The van der Waals surface area contributed by atoms with Gasteiger partial charge in [-0.2, -0.15) is 0 Å². The van der Waals surface area contributed by atoms with Crippen molar-refractivity contribution < 1.29 is 19.0 Å². The van der Waals surface area contributed by atoms with Crippen LogP contribution in [0.4, 0.5) is 17.1 Å². The first-order valence-electron chi connectivity index (χ1n) is 11.2. The van der Waals surface area contributed by atoms with E-state index in [2.05, 4.69) is 29.2 Å². The summed E-state index contributed by atoms with van der Waals surface area (Å²) >= 11 is 0. The maximum absolute atomic E-state index is 12.9. The van der Waals surface area contributed by atoms with Crippen LogP contribution in [0.2, 0.25) is 0 Å². The van der Waals surface area contributed by atoms with Gasteiger partial charge in [0, 0.05) is 22.6 Å². The SMILES string of the molecule is COc1cc(C(=O)C=Cc2ccc(N(c3ccccc3)c3ccccc3)cc2)cc(OC)c1OC.